The number of carboxylic acid groups (broad SMARTS) is 1. The van der Waals surface area contributed by atoms with E-state index < -0.39 is 212 Å². The van der Waals surface area contributed by atoms with E-state index in [1.165, 1.54) is 100 Å². The summed E-state index contributed by atoms with van der Waals surface area (Å²) >= 11 is 2.82. The van der Waals surface area contributed by atoms with Gasteiger partial charge >= 0.3 is 5.97 Å². The lowest BCUT2D eigenvalue weighted by Crippen LogP contribution is -2.51. The molecule has 0 aromatic heterocycles. The number of amides is 8. The van der Waals surface area contributed by atoms with Gasteiger partial charge in [0.2, 0.25) is 47.3 Å². The molecule has 0 heterocycles. The Morgan fingerprint density at radius 3 is 1.39 bits per heavy atom. The van der Waals surface area contributed by atoms with Crippen molar-refractivity contribution in [2.24, 2.45) is 80.8 Å². The van der Waals surface area contributed by atoms with Crippen LogP contribution in [0.5, 0.6) is 5.75 Å². The lowest BCUT2D eigenvalue weighted by Gasteiger charge is -2.27. The molecule has 0 unspecified atom stereocenters. The maximum absolute atomic E-state index is 14.9. The summed E-state index contributed by atoms with van der Waals surface area (Å²) in [5.41, 5.74) is 34.4. The Morgan fingerprint density at radius 1 is 0.453 bits per heavy atom. The number of nitrogens with two attached hydrogens (primary N) is 6. The number of phenolic OH excluding ortho intramolecular Hbond substituents is 1. The predicted molar refractivity (Wildman–Crippen MR) is 453 cm³/mol. The van der Waals surface area contributed by atoms with Crippen LogP contribution in [0.4, 0.5) is 0 Å². The number of carbonyl (C=O) groups is 15. The van der Waals surface area contributed by atoms with Gasteiger partial charge in [-0.05, 0) is 151 Å². The number of benzene rings is 1. The smallest absolute Gasteiger partial charge is 0.305 e. The lowest BCUT2D eigenvalue weighted by atomic mass is 9.87. The van der Waals surface area contributed by atoms with Crippen molar-refractivity contribution in [2.75, 3.05) is 56.8 Å². The van der Waals surface area contributed by atoms with Crippen LogP contribution < -0.4 is 66.3 Å². The lowest BCUT2D eigenvalue weighted by molar-refractivity contribution is -0.141. The number of guanidine groups is 1. The average molecular weight is 1690 g/mol. The van der Waals surface area contributed by atoms with Crippen molar-refractivity contribution in [3.05, 3.63) is 29.8 Å². The zero-order valence-electron chi connectivity index (χ0n) is 70.2. The van der Waals surface area contributed by atoms with Crippen molar-refractivity contribution in [1.29, 1.82) is 0 Å². The van der Waals surface area contributed by atoms with Gasteiger partial charge in [-0.3, -0.25) is 76.9 Å². The molecule has 22 N–H and O–H groups in total. The van der Waals surface area contributed by atoms with E-state index in [1.54, 1.807) is 32.2 Å². The summed E-state index contributed by atoms with van der Waals surface area (Å²) in [5, 5.41) is 56.3. The number of nitrogens with zero attached hydrogens (tertiary/aromatic N) is 1. The van der Waals surface area contributed by atoms with Crippen molar-refractivity contribution in [3.8, 4) is 5.75 Å². The number of nitrogens with one attached hydrogen (secondary N) is 6. The van der Waals surface area contributed by atoms with Gasteiger partial charge in [0.25, 0.3) is 0 Å². The molecule has 32 nitrogen and oxygen atoms in total. The maximum atomic E-state index is 14.9. The van der Waals surface area contributed by atoms with E-state index in [4.69, 9.17) is 34.4 Å². The number of hydrogen-bond donors (Lipinski definition) is 16. The molecular weight excluding hydrogens is 1550 g/mol. The molecule has 0 saturated heterocycles. The highest BCUT2D eigenvalue weighted by atomic mass is 32.2. The van der Waals surface area contributed by atoms with Gasteiger partial charge in [0.15, 0.2) is 34.9 Å². The van der Waals surface area contributed by atoms with Crippen molar-refractivity contribution in [2.45, 2.75) is 289 Å². The van der Waals surface area contributed by atoms with Crippen LogP contribution in [0.2, 0.25) is 0 Å². The van der Waals surface area contributed by atoms with Crippen LogP contribution in [0.25, 0.3) is 0 Å². The summed E-state index contributed by atoms with van der Waals surface area (Å²) in [6, 6.07) is -1.25. The first-order valence-electron chi connectivity index (χ1n) is 41.9. The van der Waals surface area contributed by atoms with E-state index >= 15 is 0 Å². The standard InChI is InChI=1S/C83H141N13O19S2/c1-7-8-9-10-11-12-13-14-15-16-17-18-19-26-62(100)44-57(35-40-116-5)77(110)91-51-63(101)45-59(43-55-29-31-61(99)32-30-55)80(113)94-67(33-34-74(86)106)70(102)46-56(25-20-22-37-84)78(111)92-65(27-21-23-38-85)71(103)47-58(42-53(2)3)79(112)93-66(28-24-39-90-83(88)89)72(104)48-60(52-97)81(114)95-68(36-41-117-6)73(105)49-64(54(4)98)82(115)96-69(76(87)109)50-75(107)108/h29-32,53-54,56-60,64-69,97-99H,7-28,33-52,84-85H2,1-6H3,(H2,86,106)(H2,87,109)(H,91,110)(H,92,111)(H,93,112)(H,94,113)(H,95,114)(H,96,115)(H,107,108)(H4,88,89,90)/t54-,56-,57-,58-,59-,60+,64+,65+,66+,67+,68+,69+/m1/s1. The largest absolute Gasteiger partial charge is 0.508 e. The fourth-order valence-corrected chi connectivity index (χ4v) is 14.7. The molecule has 0 saturated carbocycles. The minimum absolute atomic E-state index is 0.0157. The maximum Gasteiger partial charge on any atom is 0.305 e. The SMILES string of the molecule is CCCCCCCCCCCCCCCC(=O)C[C@@H](CCSC)C(=O)NCC(=O)C[C@@H](Cc1ccc(O)cc1)C(=O)N[C@@H](CCC(N)=O)C(=O)C[C@@H](CCCCN)C(=O)N[C@@H](CCCCN)C(=O)C[C@@H](CC(C)C)C(=O)N[C@@H](CCCN=C(N)N)C(=O)C[C@@H](CO)C(=O)N[C@@H](CCSC)C(=O)C[C@H](C(=O)N[C@@H](CC(=O)O)C(N)=O)[C@@H](C)O. The number of phenols is 1. The fraction of sp³-hybridized carbons (Fsp3) is 0.735. The number of aliphatic hydroxyl groups excluding tert-OH is 2. The van der Waals surface area contributed by atoms with E-state index in [9.17, 15) is 92.3 Å². The van der Waals surface area contributed by atoms with Crippen LogP contribution in [0.1, 0.15) is 252 Å². The van der Waals surface area contributed by atoms with Crippen molar-refractivity contribution in [3.63, 3.8) is 0 Å². The number of aliphatic carboxylic acids is 1. The summed E-state index contributed by atoms with van der Waals surface area (Å²) < 4.78 is 0. The second-order valence-corrected chi connectivity index (χ2v) is 33.3. The third-order valence-electron chi connectivity index (χ3n) is 20.6. The second-order valence-electron chi connectivity index (χ2n) is 31.3. The van der Waals surface area contributed by atoms with E-state index in [-0.39, 0.29) is 107 Å². The molecule has 664 valence electrons. The van der Waals surface area contributed by atoms with Gasteiger partial charge < -0.3 is 86.7 Å². The number of aliphatic imine (C=N–C) groups is 1. The molecule has 12 atom stereocenters. The normalized spacial score (nSPS) is 14.4. The van der Waals surface area contributed by atoms with E-state index in [0.29, 0.717) is 49.8 Å². The zero-order chi connectivity index (χ0) is 87.8. The molecule has 0 aliphatic heterocycles. The summed E-state index contributed by atoms with van der Waals surface area (Å²) in [7, 11) is 0. The van der Waals surface area contributed by atoms with Crippen molar-refractivity contribution in [1.82, 2.24) is 31.9 Å². The Balaban J connectivity index is 3.60. The number of ketones is 6. The van der Waals surface area contributed by atoms with Gasteiger partial charge in [-0.15, -0.1) is 0 Å². The molecule has 117 heavy (non-hydrogen) atoms. The number of carboxylic acids is 1. The molecule has 1 rings (SSSR count). The van der Waals surface area contributed by atoms with E-state index in [2.05, 4.69) is 43.8 Å². The molecule has 0 spiro atoms. The molecule has 0 fully saturated rings. The van der Waals surface area contributed by atoms with Gasteiger partial charge in [0, 0.05) is 81.6 Å². The number of thioether (sulfide) groups is 2. The molecule has 1 aromatic carbocycles. The number of Topliss-reactive ketones (excluding diaryl/α,β-unsaturated/α-hetero) is 6. The third-order valence-corrected chi connectivity index (χ3v) is 21.9. The summed E-state index contributed by atoms with van der Waals surface area (Å²) in [6.45, 7) is 5.98. The number of carbonyl (C=O) groups excluding carboxylic acids is 14. The van der Waals surface area contributed by atoms with E-state index in [1.807, 2.05) is 6.26 Å². The number of rotatable bonds is 73. The summed E-state index contributed by atoms with van der Waals surface area (Å²) in [6.07, 6.45) is 15.0. The summed E-state index contributed by atoms with van der Waals surface area (Å²) in [4.78, 5) is 210. The van der Waals surface area contributed by atoms with Gasteiger partial charge in [0.05, 0.1) is 61.7 Å². The highest BCUT2D eigenvalue weighted by Gasteiger charge is 2.38. The number of aromatic hydroxyl groups is 1. The highest BCUT2D eigenvalue weighted by molar-refractivity contribution is 7.98. The predicted octanol–water partition coefficient (Wildman–Crippen LogP) is 4.87. The van der Waals surface area contributed by atoms with Crippen LogP contribution in [0.3, 0.4) is 0 Å². The number of unbranched alkanes of at least 4 members (excludes halogenated alkanes) is 14. The Kier molecular flexibility index (Phi) is 57.8. The van der Waals surface area contributed by atoms with Gasteiger partial charge in [0.1, 0.15) is 17.6 Å². The van der Waals surface area contributed by atoms with Crippen molar-refractivity contribution < 1.29 is 92.3 Å². The van der Waals surface area contributed by atoms with Crippen LogP contribution in [-0.4, -0.2) is 207 Å². The number of hydrogen-bond acceptors (Lipinski definition) is 23. The molecule has 0 aliphatic rings. The first-order valence-corrected chi connectivity index (χ1v) is 44.7. The number of primary amides is 2. The first kappa shape index (κ1) is 107. The van der Waals surface area contributed by atoms with Crippen LogP contribution >= 0.6 is 23.5 Å². The molecule has 8 amide bonds. The second kappa shape index (κ2) is 63.2. The Bertz CT molecular complexity index is 3250. The minimum Gasteiger partial charge on any atom is -0.508 e. The topological polar surface area (TPSA) is 578 Å². The monoisotopic (exact) mass is 1690 g/mol. The Morgan fingerprint density at radius 2 is 0.897 bits per heavy atom. The third kappa shape index (κ3) is 48.7. The van der Waals surface area contributed by atoms with Gasteiger partial charge in [-0.1, -0.05) is 116 Å². The van der Waals surface area contributed by atoms with Crippen LogP contribution in [0, 0.1) is 41.4 Å². The molecule has 0 bridgehead atoms. The molecule has 0 radical (unpaired) electrons. The zero-order valence-corrected chi connectivity index (χ0v) is 71.8. The Hall–Kier alpha value is -7.92. The number of aliphatic hydroxyl groups is 2. The minimum atomic E-state index is -1.69. The molecule has 34 heteroatoms. The highest BCUT2D eigenvalue weighted by Crippen LogP contribution is 2.26. The fourth-order valence-electron chi connectivity index (χ4n) is 13.7. The van der Waals surface area contributed by atoms with E-state index in [0.717, 1.165) is 25.7 Å². The van der Waals surface area contributed by atoms with Crippen LogP contribution in [0.15, 0.2) is 29.3 Å². The summed E-state index contributed by atoms with van der Waals surface area (Å²) in [5.74, 6) is -18.7. The van der Waals surface area contributed by atoms with Crippen LogP contribution in [-0.2, 0) is 78.3 Å². The van der Waals surface area contributed by atoms with Gasteiger partial charge in [-0.25, -0.2) is 0 Å². The van der Waals surface area contributed by atoms with Crippen molar-refractivity contribution >= 4 is 117 Å². The van der Waals surface area contributed by atoms with Gasteiger partial charge in [-0.2, -0.15) is 23.5 Å². The molecular formula is C83H141N13O19S2. The average Bonchev–Trinajstić information content (AvgIpc) is 0.860. The Labute approximate surface area is 700 Å². The molecule has 1 aromatic rings. The quantitative estimate of drug-likeness (QED) is 0.0235. The molecule has 0 aliphatic carbocycles. The first-order chi connectivity index (χ1) is 55.6.